The van der Waals surface area contributed by atoms with E-state index in [9.17, 15) is 14.7 Å². The molecule has 40 heavy (non-hydrogen) atoms. The molecule has 6 rings (SSSR count). The molecule has 2 N–H and O–H groups in total. The van der Waals surface area contributed by atoms with E-state index in [1.165, 1.54) is 7.11 Å². The first-order valence-corrected chi connectivity index (χ1v) is 12.8. The number of aryl methyl sites for hydroxylation is 2. The van der Waals surface area contributed by atoms with Gasteiger partial charge in [0.2, 0.25) is 5.91 Å². The van der Waals surface area contributed by atoms with Gasteiger partial charge in [0, 0.05) is 43.2 Å². The number of carbonyl (C=O) groups is 2. The third kappa shape index (κ3) is 4.57. The van der Waals surface area contributed by atoms with Gasteiger partial charge in [-0.15, -0.1) is 0 Å². The summed E-state index contributed by atoms with van der Waals surface area (Å²) in [7, 11) is 3.35. The van der Waals surface area contributed by atoms with Gasteiger partial charge in [-0.2, -0.15) is 5.10 Å². The van der Waals surface area contributed by atoms with Crippen molar-refractivity contribution in [1.82, 2.24) is 24.7 Å². The Morgan fingerprint density at radius 1 is 1.23 bits per heavy atom. The number of hydrogen-bond donors (Lipinski definition) is 2. The number of aromatic nitrogens is 5. The number of carbonyl (C=O) groups excluding carboxylic acids is 1. The van der Waals surface area contributed by atoms with Gasteiger partial charge < -0.3 is 24.5 Å². The fourth-order valence-electron chi connectivity index (χ4n) is 5.32. The summed E-state index contributed by atoms with van der Waals surface area (Å²) in [6, 6.07) is 8.37. The lowest BCUT2D eigenvalue weighted by molar-refractivity contribution is -0.138. The maximum atomic E-state index is 13.0. The van der Waals surface area contributed by atoms with E-state index in [0.29, 0.717) is 52.0 Å². The van der Waals surface area contributed by atoms with Gasteiger partial charge in [0.05, 0.1) is 25.2 Å². The van der Waals surface area contributed by atoms with E-state index >= 15 is 0 Å². The molecule has 5 aromatic rings. The molecule has 12 heteroatoms. The molecule has 0 spiro atoms. The van der Waals surface area contributed by atoms with Crippen LogP contribution in [0.25, 0.3) is 33.3 Å². The normalized spacial score (nSPS) is 17.0. The SMILES string of the molecule is COc1cc(NC(=O)C[C@H]2C[C@@H](C(=O)O)N(c3nc(C)nc4c3oc3ccccc34)C2)cnc1-c1cnn(C)c1. The zero-order valence-electron chi connectivity index (χ0n) is 22.2. The van der Waals surface area contributed by atoms with E-state index in [1.54, 1.807) is 35.0 Å². The number of pyridine rings is 1. The number of fused-ring (bicyclic) bond motifs is 3. The molecule has 1 fully saturated rings. The van der Waals surface area contributed by atoms with Crippen LogP contribution in [0.4, 0.5) is 11.5 Å². The summed E-state index contributed by atoms with van der Waals surface area (Å²) in [5.41, 5.74) is 3.62. The van der Waals surface area contributed by atoms with E-state index in [-0.39, 0.29) is 24.7 Å². The number of methoxy groups -OCH3 is 1. The Hall–Kier alpha value is -5.00. The van der Waals surface area contributed by atoms with E-state index in [0.717, 1.165) is 10.9 Å². The summed E-state index contributed by atoms with van der Waals surface area (Å²) >= 11 is 0. The second-order valence-electron chi connectivity index (χ2n) is 9.91. The van der Waals surface area contributed by atoms with Crippen LogP contribution in [0.5, 0.6) is 5.75 Å². The van der Waals surface area contributed by atoms with Gasteiger partial charge >= 0.3 is 5.97 Å². The summed E-state index contributed by atoms with van der Waals surface area (Å²) in [4.78, 5) is 40.6. The van der Waals surface area contributed by atoms with Crippen LogP contribution in [0.1, 0.15) is 18.7 Å². The zero-order valence-corrected chi connectivity index (χ0v) is 22.2. The molecule has 204 valence electrons. The van der Waals surface area contributed by atoms with Crippen molar-refractivity contribution < 1.29 is 23.8 Å². The Labute approximate surface area is 228 Å². The second kappa shape index (κ2) is 9.95. The first kappa shape index (κ1) is 25.3. The minimum atomic E-state index is -0.983. The minimum absolute atomic E-state index is 0.125. The average molecular weight is 542 g/mol. The number of anilines is 2. The molecule has 4 aromatic heterocycles. The topological polar surface area (TPSA) is 148 Å². The van der Waals surface area contributed by atoms with Gasteiger partial charge in [-0.05, 0) is 31.4 Å². The van der Waals surface area contributed by atoms with Crippen molar-refractivity contribution in [3.8, 4) is 17.0 Å². The van der Waals surface area contributed by atoms with Gasteiger partial charge in [-0.25, -0.2) is 14.8 Å². The van der Waals surface area contributed by atoms with Crippen LogP contribution in [0.3, 0.4) is 0 Å². The molecule has 1 aliphatic heterocycles. The highest BCUT2D eigenvalue weighted by atomic mass is 16.5. The molecular weight excluding hydrogens is 514 g/mol. The number of furan rings is 1. The molecule has 1 aliphatic rings. The summed E-state index contributed by atoms with van der Waals surface area (Å²) in [5, 5.41) is 17.9. The Bertz CT molecular complexity index is 1760. The van der Waals surface area contributed by atoms with Crippen LogP contribution < -0.4 is 15.0 Å². The second-order valence-corrected chi connectivity index (χ2v) is 9.91. The smallest absolute Gasteiger partial charge is 0.326 e. The summed E-state index contributed by atoms with van der Waals surface area (Å²) < 4.78 is 13.2. The van der Waals surface area contributed by atoms with Gasteiger partial charge in [0.25, 0.3) is 0 Å². The lowest BCUT2D eigenvalue weighted by Gasteiger charge is -2.22. The van der Waals surface area contributed by atoms with Crippen molar-refractivity contribution in [1.29, 1.82) is 0 Å². The number of hydrogen-bond acceptors (Lipinski definition) is 9. The molecule has 1 saturated heterocycles. The van der Waals surface area contributed by atoms with Crippen LogP contribution in [-0.4, -0.2) is 61.4 Å². The van der Waals surface area contributed by atoms with Crippen molar-refractivity contribution in [3.05, 3.63) is 54.7 Å². The monoisotopic (exact) mass is 541 g/mol. The molecule has 2 atom stereocenters. The number of ether oxygens (including phenoxy) is 1. The molecule has 0 radical (unpaired) electrons. The largest absolute Gasteiger partial charge is 0.494 e. The molecule has 0 aliphatic carbocycles. The number of benzene rings is 1. The Kier molecular flexibility index (Phi) is 6.29. The Morgan fingerprint density at radius 3 is 2.80 bits per heavy atom. The van der Waals surface area contributed by atoms with E-state index < -0.39 is 12.0 Å². The predicted octanol–water partition coefficient (Wildman–Crippen LogP) is 3.80. The zero-order chi connectivity index (χ0) is 28.0. The molecule has 1 amide bonds. The molecule has 5 heterocycles. The number of nitrogens with zero attached hydrogens (tertiary/aromatic N) is 6. The van der Waals surface area contributed by atoms with Gasteiger partial charge in [-0.3, -0.25) is 14.5 Å². The lowest BCUT2D eigenvalue weighted by Crippen LogP contribution is -2.36. The third-order valence-electron chi connectivity index (χ3n) is 7.07. The predicted molar refractivity (Wildman–Crippen MR) is 147 cm³/mol. The quantitative estimate of drug-likeness (QED) is 0.312. The van der Waals surface area contributed by atoms with Gasteiger partial charge in [-0.1, -0.05) is 12.1 Å². The number of carboxylic acids is 1. The summed E-state index contributed by atoms with van der Waals surface area (Å²) in [6.07, 6.45) is 5.49. The van der Waals surface area contributed by atoms with Crippen molar-refractivity contribution >= 4 is 45.5 Å². The van der Waals surface area contributed by atoms with Crippen molar-refractivity contribution in [2.24, 2.45) is 13.0 Å². The maximum Gasteiger partial charge on any atom is 0.326 e. The van der Waals surface area contributed by atoms with Crippen LogP contribution in [-0.2, 0) is 16.6 Å². The number of rotatable bonds is 7. The maximum absolute atomic E-state index is 13.0. The van der Waals surface area contributed by atoms with Crippen LogP contribution in [0.15, 0.2) is 53.3 Å². The van der Waals surface area contributed by atoms with Crippen molar-refractivity contribution in [3.63, 3.8) is 0 Å². The fourth-order valence-corrected chi connectivity index (χ4v) is 5.32. The molecular formula is C28H27N7O5. The summed E-state index contributed by atoms with van der Waals surface area (Å²) in [6.45, 7) is 2.10. The molecule has 1 aromatic carbocycles. The minimum Gasteiger partial charge on any atom is -0.494 e. The van der Waals surface area contributed by atoms with Crippen molar-refractivity contribution in [2.75, 3.05) is 23.9 Å². The molecule has 0 saturated carbocycles. The lowest BCUT2D eigenvalue weighted by atomic mass is 10.0. The number of aliphatic carboxylic acids is 1. The van der Waals surface area contributed by atoms with Crippen LogP contribution >= 0.6 is 0 Å². The molecule has 12 nitrogen and oxygen atoms in total. The Balaban J connectivity index is 1.22. The number of nitrogens with one attached hydrogen (secondary N) is 1. The highest BCUT2D eigenvalue weighted by Gasteiger charge is 2.40. The molecule has 0 bridgehead atoms. The van der Waals surface area contributed by atoms with Gasteiger partial charge in [0.15, 0.2) is 11.4 Å². The van der Waals surface area contributed by atoms with Crippen LogP contribution in [0.2, 0.25) is 0 Å². The third-order valence-corrected chi connectivity index (χ3v) is 7.07. The highest BCUT2D eigenvalue weighted by Crippen LogP contribution is 2.38. The van der Waals surface area contributed by atoms with E-state index in [4.69, 9.17) is 9.15 Å². The fraction of sp³-hybridized carbons (Fsp3) is 0.286. The van der Waals surface area contributed by atoms with Crippen molar-refractivity contribution in [2.45, 2.75) is 25.8 Å². The average Bonchev–Trinajstić information content (AvgIpc) is 3.65. The van der Waals surface area contributed by atoms with E-state index in [1.807, 2.05) is 37.5 Å². The van der Waals surface area contributed by atoms with Crippen LogP contribution in [0, 0.1) is 12.8 Å². The number of carboxylic acid groups (broad SMARTS) is 1. The standard InChI is InChI=1S/C28H27N7O5/c1-15-31-25-19-6-4-5-7-21(19)40-26(25)27(32-15)35-13-16(8-20(35)28(37)38)9-23(36)33-18-10-22(39-3)24(29-12-18)17-11-30-34(2)14-17/h4-7,10-12,14,16,20H,8-9,13H2,1-3H3,(H,33,36)(H,37,38)/t16-,20+/m1/s1. The number of para-hydroxylation sites is 1. The first-order valence-electron chi connectivity index (χ1n) is 12.8. The highest BCUT2D eigenvalue weighted by molar-refractivity contribution is 6.06. The van der Waals surface area contributed by atoms with E-state index in [2.05, 4.69) is 25.4 Å². The number of amides is 1. The Morgan fingerprint density at radius 2 is 2.05 bits per heavy atom. The molecule has 0 unspecified atom stereocenters. The first-order chi connectivity index (χ1) is 19.3. The van der Waals surface area contributed by atoms with Gasteiger partial charge in [0.1, 0.15) is 34.4 Å². The summed E-state index contributed by atoms with van der Waals surface area (Å²) in [5.74, 6) is -0.0207.